The van der Waals surface area contributed by atoms with Crippen LogP contribution in [0.25, 0.3) is 4.13 Å². The van der Waals surface area contributed by atoms with E-state index < -0.39 is 25.7 Å². The van der Waals surface area contributed by atoms with Crippen molar-refractivity contribution in [1.82, 2.24) is 0 Å². The van der Waals surface area contributed by atoms with Crippen LogP contribution in [0.5, 0.6) is 0 Å². The third-order valence-corrected chi connectivity index (χ3v) is 8.12. The maximum absolute atomic E-state index is 12.9. The molecule has 1 rings (SSSR count). The zero-order valence-corrected chi connectivity index (χ0v) is 16.4. The van der Waals surface area contributed by atoms with E-state index >= 15 is 0 Å². The summed E-state index contributed by atoms with van der Waals surface area (Å²) < 4.78 is 62.2. The van der Waals surface area contributed by atoms with Gasteiger partial charge in [0.15, 0.2) is 0 Å². The molecule has 0 bridgehead atoms. The summed E-state index contributed by atoms with van der Waals surface area (Å²) in [6, 6.07) is 0. The fraction of sp³-hybridized carbons (Fsp3) is 1.00. The zero-order valence-electron chi connectivity index (χ0n) is 14.7. The van der Waals surface area contributed by atoms with Gasteiger partial charge in [-0.1, -0.05) is 41.5 Å². The predicted octanol–water partition coefficient (Wildman–Crippen LogP) is 3.88. The van der Waals surface area contributed by atoms with Gasteiger partial charge in [-0.2, -0.15) is 0 Å². The number of hydrogen-bond donors (Lipinski definition) is 0. The zero-order chi connectivity index (χ0) is 18.2. The van der Waals surface area contributed by atoms with Gasteiger partial charge < -0.3 is 4.13 Å². The lowest BCUT2D eigenvalue weighted by atomic mass is 9.65. The molecular formula is C15H29FNO4S2-. The molecule has 8 heteroatoms. The number of sulfonamides is 1. The van der Waals surface area contributed by atoms with Crippen molar-refractivity contribution >= 4 is 20.4 Å². The minimum atomic E-state index is -5.42. The van der Waals surface area contributed by atoms with Crippen molar-refractivity contribution in [1.29, 1.82) is 0 Å². The first-order valence-corrected chi connectivity index (χ1v) is 11.0. The first-order chi connectivity index (χ1) is 10.3. The Morgan fingerprint density at radius 2 is 1.22 bits per heavy atom. The second-order valence-corrected chi connectivity index (χ2v) is 10.8. The van der Waals surface area contributed by atoms with E-state index in [2.05, 4.69) is 18.0 Å². The molecule has 138 valence electrons. The van der Waals surface area contributed by atoms with Crippen molar-refractivity contribution in [2.24, 2.45) is 35.5 Å². The molecule has 2 atom stereocenters. The van der Waals surface area contributed by atoms with Gasteiger partial charge in [0.25, 0.3) is 0 Å². The highest BCUT2D eigenvalue weighted by atomic mass is 32.3. The van der Waals surface area contributed by atoms with Crippen LogP contribution in [0.15, 0.2) is 0 Å². The molecule has 23 heavy (non-hydrogen) atoms. The molecule has 5 nitrogen and oxygen atoms in total. The number of halogens is 1. The summed E-state index contributed by atoms with van der Waals surface area (Å²) >= 11 is 0. The maximum Gasteiger partial charge on any atom is 0.239 e. The summed E-state index contributed by atoms with van der Waals surface area (Å²) in [4.78, 5) is 0. The predicted molar refractivity (Wildman–Crippen MR) is 90.3 cm³/mol. The summed E-state index contributed by atoms with van der Waals surface area (Å²) in [5.74, 6) is 0.453. The molecule has 0 amide bonds. The topological polar surface area (TPSA) is 82.4 Å². The fourth-order valence-electron chi connectivity index (χ4n) is 3.84. The first-order valence-electron chi connectivity index (χ1n) is 8.19. The van der Waals surface area contributed by atoms with E-state index in [1.807, 2.05) is 27.7 Å². The average molecular weight is 371 g/mol. The number of rotatable bonds is 6. The smallest absolute Gasteiger partial charge is 0.239 e. The van der Waals surface area contributed by atoms with Gasteiger partial charge in [0.05, 0.1) is 15.3 Å². The van der Waals surface area contributed by atoms with Gasteiger partial charge in [0.1, 0.15) is 0 Å². The Balaban J connectivity index is 3.32. The van der Waals surface area contributed by atoms with Crippen LogP contribution in [0.4, 0.5) is 3.89 Å². The van der Waals surface area contributed by atoms with E-state index in [1.165, 1.54) is 0 Å². The normalized spacial score (nSPS) is 30.3. The van der Waals surface area contributed by atoms with Crippen molar-refractivity contribution in [2.75, 3.05) is 0 Å². The Bertz CT molecular complexity index is 581. The van der Waals surface area contributed by atoms with Crippen molar-refractivity contribution in [3.8, 4) is 0 Å². The fourth-order valence-corrected chi connectivity index (χ4v) is 6.97. The molecule has 1 aliphatic rings. The molecule has 0 saturated heterocycles. The Morgan fingerprint density at radius 1 is 0.826 bits per heavy atom. The van der Waals surface area contributed by atoms with E-state index in [9.17, 15) is 20.7 Å². The van der Waals surface area contributed by atoms with Crippen LogP contribution in [0.1, 0.15) is 54.4 Å². The summed E-state index contributed by atoms with van der Waals surface area (Å²) in [5.41, 5.74) is 0. The lowest BCUT2D eigenvalue weighted by molar-refractivity contribution is 0.107. The van der Waals surface area contributed by atoms with Crippen LogP contribution in [-0.4, -0.2) is 22.1 Å². The summed E-state index contributed by atoms with van der Waals surface area (Å²) in [6.07, 6.45) is 1.40. The second kappa shape index (κ2) is 7.35. The summed E-state index contributed by atoms with van der Waals surface area (Å²) in [6.45, 7) is 11.9. The lowest BCUT2D eigenvalue weighted by Gasteiger charge is -2.48. The van der Waals surface area contributed by atoms with Crippen LogP contribution in [0, 0.1) is 35.5 Å². The molecule has 1 fully saturated rings. The van der Waals surface area contributed by atoms with Gasteiger partial charge in [-0.15, -0.1) is 3.89 Å². The maximum atomic E-state index is 12.9. The molecule has 0 radical (unpaired) electrons. The summed E-state index contributed by atoms with van der Waals surface area (Å²) in [5, 5.41) is -0.942. The van der Waals surface area contributed by atoms with Crippen molar-refractivity contribution in [3.05, 3.63) is 4.13 Å². The minimum absolute atomic E-state index is 0.0510. The second-order valence-electron chi connectivity index (χ2n) is 7.76. The highest BCUT2D eigenvalue weighted by molar-refractivity contribution is 8.10. The minimum Gasteiger partial charge on any atom is -0.407 e. The lowest BCUT2D eigenvalue weighted by Crippen LogP contribution is -2.47. The quantitative estimate of drug-likeness (QED) is 0.664. The third kappa shape index (κ3) is 5.39. The molecule has 0 N–H and O–H groups in total. The summed E-state index contributed by atoms with van der Waals surface area (Å²) in [7, 11) is -9.84. The van der Waals surface area contributed by atoms with Crippen LogP contribution >= 0.6 is 0 Å². The van der Waals surface area contributed by atoms with Crippen molar-refractivity contribution in [3.63, 3.8) is 0 Å². The molecule has 0 spiro atoms. The first kappa shape index (κ1) is 20.8. The largest absolute Gasteiger partial charge is 0.407 e. The average Bonchev–Trinajstić information content (AvgIpc) is 2.33. The van der Waals surface area contributed by atoms with Gasteiger partial charge in [-0.05, 0) is 48.3 Å². The molecule has 1 aliphatic carbocycles. The van der Waals surface area contributed by atoms with Crippen LogP contribution in [-0.2, 0) is 20.4 Å². The van der Waals surface area contributed by atoms with Gasteiger partial charge in [0, 0.05) is 0 Å². The van der Waals surface area contributed by atoms with E-state index in [4.69, 9.17) is 0 Å². The molecule has 0 aromatic heterocycles. The third-order valence-electron chi connectivity index (χ3n) is 5.19. The van der Waals surface area contributed by atoms with Gasteiger partial charge in [-0.25, -0.2) is 16.8 Å². The molecular weight excluding hydrogens is 341 g/mol. The van der Waals surface area contributed by atoms with E-state index in [-0.39, 0.29) is 23.7 Å². The number of nitrogens with zero attached hydrogens (tertiary/aromatic N) is 1. The Kier molecular flexibility index (Phi) is 6.66. The SMILES string of the molecule is CC(C)C1CC(C(C)C)C(S(=O)(=O)[N-]S(=O)(=O)F)C(C(C)C)C1. The highest BCUT2D eigenvalue weighted by Gasteiger charge is 2.45. The standard InChI is InChI=1S/C15H29FNO4S2/c1-9(2)12-7-13(10(3)4)15(14(8-12)11(5)6)22(18,19)17-23(16,20)21/h9-15H,7-8H2,1-6H3/q-1. The molecule has 1 saturated carbocycles. The molecule has 0 aliphatic heterocycles. The Morgan fingerprint density at radius 3 is 1.48 bits per heavy atom. The molecule has 0 aromatic carbocycles. The van der Waals surface area contributed by atoms with Crippen molar-refractivity contribution < 1.29 is 20.7 Å². The Labute approximate surface area is 140 Å². The monoisotopic (exact) mass is 370 g/mol. The highest BCUT2D eigenvalue weighted by Crippen LogP contribution is 2.47. The van der Waals surface area contributed by atoms with Crippen molar-refractivity contribution in [2.45, 2.75) is 59.6 Å². The molecule has 0 aromatic rings. The van der Waals surface area contributed by atoms with Gasteiger partial charge in [-0.3, -0.25) is 0 Å². The van der Waals surface area contributed by atoms with E-state index in [0.29, 0.717) is 24.7 Å². The van der Waals surface area contributed by atoms with E-state index in [0.717, 1.165) is 0 Å². The number of hydrogen-bond acceptors (Lipinski definition) is 4. The molecule has 0 heterocycles. The van der Waals surface area contributed by atoms with E-state index in [1.54, 1.807) is 0 Å². The van der Waals surface area contributed by atoms with Gasteiger partial charge >= 0.3 is 0 Å². The Hall–Kier alpha value is -0.210. The van der Waals surface area contributed by atoms with Crippen LogP contribution < -0.4 is 0 Å². The van der Waals surface area contributed by atoms with Crippen LogP contribution in [0.2, 0.25) is 0 Å². The molecule has 2 unspecified atom stereocenters. The van der Waals surface area contributed by atoms with Crippen LogP contribution in [0.3, 0.4) is 0 Å². The van der Waals surface area contributed by atoms with Gasteiger partial charge in [0.2, 0.25) is 10.4 Å².